The number of ether oxygens (including phenoxy) is 5. The number of halogens is 1. The van der Waals surface area contributed by atoms with Gasteiger partial charge in [0.15, 0.2) is 5.72 Å². The fraction of sp³-hybridized carbons (Fsp3) is 0.606. The molecule has 12 nitrogen and oxygen atoms in total. The Balaban J connectivity index is 1.82. The molecule has 0 spiro atoms. The van der Waals surface area contributed by atoms with E-state index in [4.69, 9.17) is 35.3 Å². The summed E-state index contributed by atoms with van der Waals surface area (Å²) in [5.74, 6) is -1.12. The van der Waals surface area contributed by atoms with Crippen LogP contribution in [0.4, 0.5) is 10.5 Å². The van der Waals surface area contributed by atoms with E-state index < -0.39 is 65.7 Å². The molecule has 3 N–H and O–H groups in total. The molecule has 4 bridgehead atoms. The highest BCUT2D eigenvalue weighted by Gasteiger charge is 2.64. The highest BCUT2D eigenvalue weighted by molar-refractivity contribution is 6.35. The Morgan fingerprint density at radius 3 is 2.59 bits per heavy atom. The lowest BCUT2D eigenvalue weighted by Crippen LogP contribution is -2.63. The van der Waals surface area contributed by atoms with Crippen LogP contribution in [0, 0.1) is 11.8 Å². The average Bonchev–Trinajstić information content (AvgIpc) is 3.68. The number of aliphatic hydroxyl groups is 2. The number of esters is 1. The maximum absolute atomic E-state index is 13.9. The van der Waals surface area contributed by atoms with Gasteiger partial charge < -0.3 is 38.8 Å². The van der Waals surface area contributed by atoms with Crippen LogP contribution in [0.25, 0.3) is 0 Å². The molecule has 8 atom stereocenters. The van der Waals surface area contributed by atoms with Gasteiger partial charge in [-0.3, -0.25) is 14.9 Å². The van der Waals surface area contributed by atoms with Crippen molar-refractivity contribution in [2.24, 2.45) is 11.8 Å². The number of nitrogens with zero attached hydrogens (tertiary/aromatic N) is 1. The van der Waals surface area contributed by atoms with Gasteiger partial charge in [-0.15, -0.1) is 0 Å². The number of carbonyl (C=O) groups is 3. The van der Waals surface area contributed by atoms with Crippen LogP contribution in [0.2, 0.25) is 5.02 Å². The lowest BCUT2D eigenvalue weighted by molar-refractivity contribution is -0.154. The number of benzene rings is 1. The van der Waals surface area contributed by atoms with Crippen LogP contribution < -0.4 is 15.0 Å². The first-order chi connectivity index (χ1) is 21.5. The summed E-state index contributed by atoms with van der Waals surface area (Å²) in [5, 5.41) is 25.5. The molecular formula is C33H45ClN2O10. The van der Waals surface area contributed by atoms with E-state index in [0.717, 1.165) is 0 Å². The topological polar surface area (TPSA) is 156 Å². The minimum absolute atomic E-state index is 0.0179. The number of allylic oxidation sites excluding steroid dienone is 2. The van der Waals surface area contributed by atoms with Gasteiger partial charge in [-0.05, 0) is 43.0 Å². The zero-order chi connectivity index (χ0) is 34.1. The Kier molecular flexibility index (Phi) is 10.8. The van der Waals surface area contributed by atoms with Gasteiger partial charge in [-0.1, -0.05) is 50.6 Å². The predicted molar refractivity (Wildman–Crippen MR) is 169 cm³/mol. The lowest BCUT2D eigenvalue weighted by atomic mass is 9.83. The standard InChI is InChI=1S/C33H45ClN2O10/c1-17(2)12-27(38)45-25-15-26(37)36(6)21-13-20(14-22(42-7)28(21)34)29(39)18(3)10-9-11-24(43-8)33(41)16-23(44-31(40)35-33)19(4)30-32(25,5)46-30/h9-11,13-14,17,19,23-25,29-30,39,41H,12,15-16H2,1-8H3,(H,35,40)/b11-9-,18-10-/t19-,23+,24-,25?,29+,30+,32+,33+/m1/s1. The first kappa shape index (κ1) is 35.7. The summed E-state index contributed by atoms with van der Waals surface area (Å²) in [5.41, 5.74) is -1.74. The number of fused-ring (bicyclic) bond motifs is 5. The zero-order valence-electron chi connectivity index (χ0n) is 27.5. The van der Waals surface area contributed by atoms with Gasteiger partial charge in [0, 0.05) is 32.9 Å². The van der Waals surface area contributed by atoms with Crippen molar-refractivity contribution in [2.75, 3.05) is 26.2 Å². The molecular weight excluding hydrogens is 620 g/mol. The number of carbonyl (C=O) groups excluding carboxylic acids is 3. The number of alkyl carbamates (subject to hydrolysis) is 1. The monoisotopic (exact) mass is 664 g/mol. The molecule has 1 aromatic rings. The van der Waals surface area contributed by atoms with Gasteiger partial charge in [0.2, 0.25) is 5.91 Å². The molecule has 2 amide bonds. The van der Waals surface area contributed by atoms with Crippen LogP contribution in [-0.4, -0.2) is 85.2 Å². The Hall–Kier alpha value is -3.16. The Morgan fingerprint density at radius 2 is 1.96 bits per heavy atom. The van der Waals surface area contributed by atoms with Crippen LogP contribution in [0.5, 0.6) is 5.75 Å². The molecule has 0 aromatic heterocycles. The number of hydrogen-bond donors (Lipinski definition) is 3. The number of amides is 2. The fourth-order valence-electron chi connectivity index (χ4n) is 6.13. The van der Waals surface area contributed by atoms with Gasteiger partial charge in [-0.25, -0.2) is 4.79 Å². The molecule has 2 fully saturated rings. The van der Waals surface area contributed by atoms with Crippen LogP contribution in [0.15, 0.2) is 35.9 Å². The van der Waals surface area contributed by atoms with Crippen LogP contribution in [0.3, 0.4) is 0 Å². The van der Waals surface area contributed by atoms with E-state index in [2.05, 4.69) is 5.32 Å². The van der Waals surface area contributed by atoms with E-state index >= 15 is 0 Å². The van der Waals surface area contributed by atoms with Crippen molar-refractivity contribution in [3.05, 3.63) is 46.5 Å². The average molecular weight is 665 g/mol. The second-order valence-corrected chi connectivity index (χ2v) is 13.3. The Bertz CT molecular complexity index is 1400. The van der Waals surface area contributed by atoms with Crippen molar-refractivity contribution in [1.82, 2.24) is 5.32 Å². The van der Waals surface area contributed by atoms with E-state index in [9.17, 15) is 24.6 Å². The smallest absolute Gasteiger partial charge is 0.409 e. The normalized spacial score (nSPS) is 35.3. The summed E-state index contributed by atoms with van der Waals surface area (Å²) < 4.78 is 28.7. The van der Waals surface area contributed by atoms with E-state index in [-0.39, 0.29) is 41.6 Å². The highest BCUT2D eigenvalue weighted by Crippen LogP contribution is 2.49. The molecule has 13 heteroatoms. The minimum Gasteiger partial charge on any atom is -0.495 e. The van der Waals surface area contributed by atoms with Gasteiger partial charge in [-0.2, -0.15) is 0 Å². The summed E-state index contributed by atoms with van der Waals surface area (Å²) in [6, 6.07) is 3.18. The van der Waals surface area contributed by atoms with Gasteiger partial charge >= 0.3 is 12.1 Å². The number of rotatable bonds is 5. The van der Waals surface area contributed by atoms with Crippen LogP contribution in [0.1, 0.15) is 65.5 Å². The summed E-state index contributed by atoms with van der Waals surface area (Å²) in [6.45, 7) is 9.03. The van der Waals surface area contributed by atoms with E-state index in [1.807, 2.05) is 20.8 Å². The second-order valence-electron chi connectivity index (χ2n) is 12.9. The van der Waals surface area contributed by atoms with Crippen molar-refractivity contribution in [2.45, 2.75) is 95.7 Å². The molecule has 1 aromatic carbocycles. The largest absolute Gasteiger partial charge is 0.495 e. The maximum Gasteiger partial charge on any atom is 0.409 e. The number of epoxide rings is 1. The fourth-order valence-corrected chi connectivity index (χ4v) is 6.44. The van der Waals surface area contributed by atoms with Crippen LogP contribution >= 0.6 is 11.6 Å². The molecule has 3 aliphatic rings. The quantitative estimate of drug-likeness (QED) is 0.308. The summed E-state index contributed by atoms with van der Waals surface area (Å²) in [6.07, 6.45) is -0.687. The van der Waals surface area contributed by atoms with E-state index in [0.29, 0.717) is 11.1 Å². The Labute approximate surface area is 274 Å². The highest BCUT2D eigenvalue weighted by atomic mass is 35.5. The van der Waals surface area contributed by atoms with Crippen molar-refractivity contribution < 1.29 is 48.3 Å². The lowest BCUT2D eigenvalue weighted by Gasteiger charge is -2.42. The number of aliphatic hydroxyl groups excluding tert-OH is 1. The van der Waals surface area contributed by atoms with Crippen molar-refractivity contribution in [3.63, 3.8) is 0 Å². The van der Waals surface area contributed by atoms with Gasteiger partial charge in [0.1, 0.15) is 40.8 Å². The Morgan fingerprint density at radius 1 is 1.26 bits per heavy atom. The predicted octanol–water partition coefficient (Wildman–Crippen LogP) is 4.20. The molecule has 1 unspecified atom stereocenters. The molecule has 3 aliphatic heterocycles. The number of nitrogens with one attached hydrogen (secondary N) is 1. The van der Waals surface area contributed by atoms with Gasteiger partial charge in [0.25, 0.3) is 0 Å². The molecule has 0 saturated carbocycles. The summed E-state index contributed by atoms with van der Waals surface area (Å²) in [7, 11) is 4.37. The van der Waals surface area contributed by atoms with Crippen molar-refractivity contribution in [3.8, 4) is 5.75 Å². The molecule has 46 heavy (non-hydrogen) atoms. The SMILES string of the molecule is COc1cc2cc(c1Cl)N(C)C(=O)CC(OC(=O)CC(C)C)[C@]1(C)O[C@H]1[C@H](C)[C@@H]1C[C@@](O)(NC(=O)O1)[C@H](OC)/C=C\C=C(\C)[C@@H]2O. The first-order valence-corrected chi connectivity index (χ1v) is 15.7. The van der Waals surface area contributed by atoms with E-state index in [1.165, 1.54) is 26.2 Å². The molecule has 254 valence electrons. The van der Waals surface area contributed by atoms with Crippen molar-refractivity contribution >= 4 is 35.3 Å². The second kappa shape index (κ2) is 13.9. The maximum atomic E-state index is 13.9. The first-order valence-electron chi connectivity index (χ1n) is 15.3. The zero-order valence-corrected chi connectivity index (χ0v) is 28.3. The molecule has 2 saturated heterocycles. The van der Waals surface area contributed by atoms with E-state index in [1.54, 1.807) is 44.2 Å². The minimum atomic E-state index is -1.84. The third-order valence-electron chi connectivity index (χ3n) is 9.00. The third kappa shape index (κ3) is 7.36. The number of anilines is 1. The molecule has 3 heterocycles. The van der Waals surface area contributed by atoms with Gasteiger partial charge in [0.05, 0.1) is 25.3 Å². The number of hydrogen-bond acceptors (Lipinski definition) is 10. The molecule has 4 rings (SSSR count). The van der Waals surface area contributed by atoms with Crippen molar-refractivity contribution in [1.29, 1.82) is 0 Å². The molecule has 0 radical (unpaired) electrons. The molecule has 0 aliphatic carbocycles. The van der Waals surface area contributed by atoms with Crippen LogP contribution in [-0.2, 0) is 28.5 Å². The third-order valence-corrected chi connectivity index (χ3v) is 9.38. The summed E-state index contributed by atoms with van der Waals surface area (Å²) in [4.78, 5) is 40.8. The number of methoxy groups -OCH3 is 2. The summed E-state index contributed by atoms with van der Waals surface area (Å²) >= 11 is 6.66.